The maximum Gasteiger partial charge on any atom is 0.243 e. The lowest BCUT2D eigenvalue weighted by atomic mass is 10.0. The molecular weight excluding hydrogens is 346 g/mol. The van der Waals surface area contributed by atoms with Crippen LogP contribution in [0.15, 0.2) is 41.3 Å². The Hall–Kier alpha value is -1.59. The Kier molecular flexibility index (Phi) is 6.20. The minimum atomic E-state index is -3.51. The molecule has 0 aliphatic carbocycles. The third-order valence-corrected chi connectivity index (χ3v) is 7.24. The second-order valence-electron chi connectivity index (χ2n) is 6.98. The van der Waals surface area contributed by atoms with E-state index in [2.05, 4.69) is 13.8 Å². The largest absolute Gasteiger partial charge is 0.493 e. The molecule has 2 aromatic rings. The van der Waals surface area contributed by atoms with E-state index in [4.69, 9.17) is 4.74 Å². The third kappa shape index (κ3) is 3.74. The number of hydrogen-bond acceptors (Lipinski definition) is 3. The Morgan fingerprint density at radius 3 is 2.58 bits per heavy atom. The average molecular weight is 376 g/mol. The minimum absolute atomic E-state index is 0.105. The number of unbranched alkanes of at least 4 members (excludes halogenated alkanes) is 1. The molecule has 26 heavy (non-hydrogen) atoms. The first kappa shape index (κ1) is 19.2. The van der Waals surface area contributed by atoms with Crippen LogP contribution in [0.3, 0.4) is 0 Å². The van der Waals surface area contributed by atoms with Crippen LogP contribution in [0, 0.1) is 0 Å². The van der Waals surface area contributed by atoms with E-state index in [-0.39, 0.29) is 6.04 Å². The molecule has 4 nitrogen and oxygen atoms in total. The van der Waals surface area contributed by atoms with Crippen LogP contribution in [-0.4, -0.2) is 31.9 Å². The lowest BCUT2D eigenvalue weighted by Gasteiger charge is -2.34. The van der Waals surface area contributed by atoms with Gasteiger partial charge in [0.15, 0.2) is 0 Å². The van der Waals surface area contributed by atoms with Gasteiger partial charge in [0.05, 0.1) is 11.5 Å². The van der Waals surface area contributed by atoms with E-state index in [0.29, 0.717) is 18.0 Å². The molecule has 2 aromatic carbocycles. The smallest absolute Gasteiger partial charge is 0.243 e. The Bertz CT molecular complexity index is 847. The van der Waals surface area contributed by atoms with Crippen molar-refractivity contribution in [2.75, 3.05) is 13.2 Å². The summed E-state index contributed by atoms with van der Waals surface area (Å²) < 4.78 is 34.5. The summed E-state index contributed by atoms with van der Waals surface area (Å²) in [6.45, 7) is 5.46. The van der Waals surface area contributed by atoms with Crippen LogP contribution in [0.4, 0.5) is 0 Å². The van der Waals surface area contributed by atoms with Crippen LogP contribution in [0.1, 0.15) is 52.4 Å². The van der Waals surface area contributed by atoms with Crippen LogP contribution in [0.2, 0.25) is 0 Å². The van der Waals surface area contributed by atoms with Crippen LogP contribution < -0.4 is 4.74 Å². The summed E-state index contributed by atoms with van der Waals surface area (Å²) in [5.74, 6) is 0.763. The van der Waals surface area contributed by atoms with Gasteiger partial charge in [0.25, 0.3) is 0 Å². The number of piperidine rings is 1. The lowest BCUT2D eigenvalue weighted by molar-refractivity contribution is 0.247. The summed E-state index contributed by atoms with van der Waals surface area (Å²) in [5.41, 5.74) is 0. The molecule has 1 unspecified atom stereocenters. The quantitative estimate of drug-likeness (QED) is 0.642. The van der Waals surface area contributed by atoms with E-state index in [9.17, 15) is 8.42 Å². The van der Waals surface area contributed by atoms with Gasteiger partial charge < -0.3 is 4.74 Å². The SMILES string of the molecule is CCCCOc1ccc(S(=O)(=O)N2CCCCC2CC)c2ccccc12. The molecular formula is C21H29NO3S. The highest BCUT2D eigenvalue weighted by atomic mass is 32.2. The number of sulfonamides is 1. The zero-order valence-corrected chi connectivity index (χ0v) is 16.6. The van der Waals surface area contributed by atoms with Gasteiger partial charge in [-0.2, -0.15) is 4.31 Å². The fourth-order valence-electron chi connectivity index (χ4n) is 3.75. The van der Waals surface area contributed by atoms with Crippen molar-refractivity contribution < 1.29 is 13.2 Å². The Morgan fingerprint density at radius 1 is 1.08 bits per heavy atom. The highest BCUT2D eigenvalue weighted by Crippen LogP contribution is 2.35. The van der Waals surface area contributed by atoms with Gasteiger partial charge >= 0.3 is 0 Å². The second-order valence-corrected chi connectivity index (χ2v) is 8.84. The van der Waals surface area contributed by atoms with Crippen LogP contribution in [0.5, 0.6) is 5.75 Å². The van der Waals surface area contributed by atoms with Gasteiger partial charge in [-0.15, -0.1) is 0 Å². The standard InChI is InChI=1S/C21H29NO3S/c1-3-5-16-25-20-13-14-21(19-12-7-6-11-18(19)20)26(23,24)22-15-9-8-10-17(22)4-2/h6-7,11-14,17H,3-5,8-10,15-16H2,1-2H3. The highest BCUT2D eigenvalue weighted by molar-refractivity contribution is 7.89. The van der Waals surface area contributed by atoms with E-state index >= 15 is 0 Å². The molecule has 0 saturated carbocycles. The van der Waals surface area contributed by atoms with E-state index in [1.807, 2.05) is 30.3 Å². The maximum absolute atomic E-state index is 13.4. The molecule has 1 heterocycles. The molecule has 1 fully saturated rings. The van der Waals surface area contributed by atoms with Gasteiger partial charge in [0.2, 0.25) is 10.0 Å². The minimum Gasteiger partial charge on any atom is -0.493 e. The van der Waals surface area contributed by atoms with Crippen molar-refractivity contribution in [2.24, 2.45) is 0 Å². The third-order valence-electron chi connectivity index (χ3n) is 5.23. The Morgan fingerprint density at radius 2 is 1.85 bits per heavy atom. The molecule has 0 N–H and O–H groups in total. The first-order chi connectivity index (χ1) is 12.6. The fraction of sp³-hybridized carbons (Fsp3) is 0.524. The van der Waals surface area contributed by atoms with Crippen LogP contribution in [-0.2, 0) is 10.0 Å². The van der Waals surface area contributed by atoms with Gasteiger partial charge in [-0.3, -0.25) is 0 Å². The zero-order chi connectivity index (χ0) is 18.6. The first-order valence-corrected chi connectivity index (χ1v) is 11.2. The average Bonchev–Trinajstić information content (AvgIpc) is 2.68. The number of benzene rings is 2. The predicted molar refractivity (Wildman–Crippen MR) is 106 cm³/mol. The molecule has 3 rings (SSSR count). The molecule has 0 aromatic heterocycles. The van der Waals surface area contributed by atoms with Crippen LogP contribution in [0.25, 0.3) is 10.8 Å². The number of rotatable bonds is 7. The topological polar surface area (TPSA) is 46.6 Å². The highest BCUT2D eigenvalue weighted by Gasteiger charge is 2.33. The molecule has 0 amide bonds. The van der Waals surface area contributed by atoms with Crippen molar-refractivity contribution in [3.63, 3.8) is 0 Å². The van der Waals surface area contributed by atoms with Gasteiger partial charge in [0.1, 0.15) is 5.75 Å². The monoisotopic (exact) mass is 375 g/mol. The van der Waals surface area contributed by atoms with Gasteiger partial charge in [-0.25, -0.2) is 8.42 Å². The number of ether oxygens (including phenoxy) is 1. The molecule has 0 radical (unpaired) electrons. The predicted octanol–water partition coefficient (Wildman–Crippen LogP) is 4.97. The van der Waals surface area contributed by atoms with E-state index < -0.39 is 10.0 Å². The fourth-order valence-corrected chi connectivity index (χ4v) is 5.71. The molecule has 5 heteroatoms. The molecule has 1 aliphatic rings. The lowest BCUT2D eigenvalue weighted by Crippen LogP contribution is -2.43. The van der Waals surface area contributed by atoms with Crippen molar-refractivity contribution >= 4 is 20.8 Å². The molecule has 1 aliphatic heterocycles. The summed E-state index contributed by atoms with van der Waals surface area (Å²) in [4.78, 5) is 0.399. The van der Waals surface area contributed by atoms with Crippen molar-refractivity contribution in [3.8, 4) is 5.75 Å². The van der Waals surface area contributed by atoms with E-state index in [1.54, 1.807) is 10.4 Å². The molecule has 1 atom stereocenters. The van der Waals surface area contributed by atoms with Gasteiger partial charge in [0, 0.05) is 23.4 Å². The van der Waals surface area contributed by atoms with Crippen molar-refractivity contribution in [2.45, 2.75) is 63.3 Å². The number of hydrogen-bond donors (Lipinski definition) is 0. The Balaban J connectivity index is 2.03. The van der Waals surface area contributed by atoms with Gasteiger partial charge in [-0.05, 0) is 37.8 Å². The molecule has 1 saturated heterocycles. The van der Waals surface area contributed by atoms with E-state index in [0.717, 1.165) is 55.0 Å². The summed E-state index contributed by atoms with van der Waals surface area (Å²) in [6.07, 6.45) is 5.90. The van der Waals surface area contributed by atoms with Crippen molar-refractivity contribution in [1.29, 1.82) is 0 Å². The first-order valence-electron chi connectivity index (χ1n) is 9.76. The van der Waals surface area contributed by atoms with Gasteiger partial charge in [-0.1, -0.05) is 51.0 Å². The second kappa shape index (κ2) is 8.40. The molecule has 0 bridgehead atoms. The normalized spacial score (nSPS) is 18.9. The number of fused-ring (bicyclic) bond motifs is 1. The summed E-state index contributed by atoms with van der Waals surface area (Å²) in [5, 5.41) is 1.62. The van der Waals surface area contributed by atoms with E-state index in [1.165, 1.54) is 0 Å². The summed E-state index contributed by atoms with van der Waals surface area (Å²) in [6, 6.07) is 11.3. The van der Waals surface area contributed by atoms with Crippen molar-refractivity contribution in [1.82, 2.24) is 4.31 Å². The Labute approximate surface area is 157 Å². The number of nitrogens with zero attached hydrogens (tertiary/aromatic N) is 1. The summed E-state index contributed by atoms with van der Waals surface area (Å²) >= 11 is 0. The maximum atomic E-state index is 13.4. The van der Waals surface area contributed by atoms with Crippen molar-refractivity contribution in [3.05, 3.63) is 36.4 Å². The molecule has 0 spiro atoms. The summed E-state index contributed by atoms with van der Waals surface area (Å²) in [7, 11) is -3.51. The zero-order valence-electron chi connectivity index (χ0n) is 15.8. The molecule has 142 valence electrons. The van der Waals surface area contributed by atoms with Crippen LogP contribution >= 0.6 is 0 Å².